The Labute approximate surface area is 184 Å². The first kappa shape index (κ1) is 24.1. The Kier molecular flexibility index (Phi) is 8.75. The van der Waals surface area contributed by atoms with Crippen molar-refractivity contribution in [2.45, 2.75) is 46.6 Å². The Hall–Kier alpha value is -3.19. The number of anilines is 3. The zero-order valence-electron chi connectivity index (χ0n) is 18.9. The summed E-state index contributed by atoms with van der Waals surface area (Å²) in [6, 6.07) is 14.4. The highest BCUT2D eigenvalue weighted by atomic mass is 16.2. The summed E-state index contributed by atoms with van der Waals surface area (Å²) in [5, 5.41) is 8.47. The third kappa shape index (κ3) is 7.53. The standard InChI is InChI=1S/C24H32N4O3/c1-6-28(15-23(30)26-21-13-11-20(12-14-21)25-18(5)29)17(4)24(31)27-22-9-7-19(8-10-22)16(2)3/h7-14,16-17H,6,15H2,1-5H3,(H,25,29)(H,26,30)(H,27,31)/p+1/t17-/m0/s1. The first-order valence-corrected chi connectivity index (χ1v) is 10.6. The summed E-state index contributed by atoms with van der Waals surface area (Å²) in [5.74, 6) is -0.0161. The molecule has 0 radical (unpaired) electrons. The SMILES string of the molecule is CC[NH+](CC(=O)Nc1ccc(NC(C)=O)cc1)[C@@H](C)C(=O)Nc1ccc(C(C)C)cc1. The van der Waals surface area contributed by atoms with Crippen molar-refractivity contribution >= 4 is 34.8 Å². The lowest BCUT2D eigenvalue weighted by atomic mass is 10.0. The van der Waals surface area contributed by atoms with Crippen LogP contribution in [0.1, 0.15) is 46.1 Å². The van der Waals surface area contributed by atoms with Crippen LogP contribution in [0.3, 0.4) is 0 Å². The monoisotopic (exact) mass is 425 g/mol. The van der Waals surface area contributed by atoms with Gasteiger partial charge in [-0.25, -0.2) is 0 Å². The van der Waals surface area contributed by atoms with Gasteiger partial charge in [-0.3, -0.25) is 14.4 Å². The molecule has 0 aliphatic heterocycles. The Bertz CT molecular complexity index is 892. The molecule has 7 heteroatoms. The lowest BCUT2D eigenvalue weighted by Gasteiger charge is -2.23. The van der Waals surface area contributed by atoms with Gasteiger partial charge >= 0.3 is 0 Å². The molecule has 0 spiro atoms. The second kappa shape index (κ2) is 11.3. The molecule has 0 aliphatic rings. The van der Waals surface area contributed by atoms with Crippen molar-refractivity contribution in [2.75, 3.05) is 29.0 Å². The second-order valence-corrected chi connectivity index (χ2v) is 7.98. The quantitative estimate of drug-likeness (QED) is 0.498. The molecule has 166 valence electrons. The zero-order chi connectivity index (χ0) is 23.0. The number of hydrogen-bond donors (Lipinski definition) is 4. The molecule has 0 heterocycles. The van der Waals surface area contributed by atoms with E-state index in [4.69, 9.17) is 0 Å². The fourth-order valence-corrected chi connectivity index (χ4v) is 3.22. The summed E-state index contributed by atoms with van der Waals surface area (Å²) in [7, 11) is 0. The van der Waals surface area contributed by atoms with Crippen LogP contribution in [0.4, 0.5) is 17.1 Å². The minimum atomic E-state index is -0.386. The molecule has 2 aromatic carbocycles. The number of benzene rings is 2. The molecule has 2 rings (SSSR count). The molecule has 2 aromatic rings. The third-order valence-electron chi connectivity index (χ3n) is 5.18. The summed E-state index contributed by atoms with van der Waals surface area (Å²) in [6.07, 6.45) is 0. The Morgan fingerprint density at radius 2 is 1.29 bits per heavy atom. The summed E-state index contributed by atoms with van der Waals surface area (Å²) >= 11 is 0. The first-order valence-electron chi connectivity index (χ1n) is 10.6. The van der Waals surface area contributed by atoms with Crippen LogP contribution < -0.4 is 20.9 Å². The van der Waals surface area contributed by atoms with Gasteiger partial charge in [0.15, 0.2) is 12.6 Å². The van der Waals surface area contributed by atoms with Gasteiger partial charge in [-0.2, -0.15) is 0 Å². The molecular weight excluding hydrogens is 392 g/mol. The van der Waals surface area contributed by atoms with Gasteiger partial charge in [0.05, 0.1) is 6.54 Å². The second-order valence-electron chi connectivity index (χ2n) is 7.98. The number of hydrogen-bond acceptors (Lipinski definition) is 3. The largest absolute Gasteiger partial charge is 0.326 e. The minimum Gasteiger partial charge on any atom is -0.326 e. The molecule has 0 saturated heterocycles. The van der Waals surface area contributed by atoms with Crippen LogP contribution in [0, 0.1) is 0 Å². The number of carbonyl (C=O) groups is 3. The molecule has 0 aromatic heterocycles. The average Bonchev–Trinajstić information content (AvgIpc) is 2.73. The van der Waals surface area contributed by atoms with Crippen LogP contribution in [0.5, 0.6) is 0 Å². The van der Waals surface area contributed by atoms with E-state index in [9.17, 15) is 14.4 Å². The molecule has 0 bridgehead atoms. The number of likely N-dealkylation sites (N-methyl/N-ethyl adjacent to an activating group) is 1. The van der Waals surface area contributed by atoms with Crippen LogP contribution in [0.25, 0.3) is 0 Å². The maximum Gasteiger partial charge on any atom is 0.282 e. The van der Waals surface area contributed by atoms with E-state index in [2.05, 4.69) is 29.8 Å². The molecule has 3 amide bonds. The first-order chi connectivity index (χ1) is 14.7. The van der Waals surface area contributed by atoms with E-state index in [-0.39, 0.29) is 30.3 Å². The van der Waals surface area contributed by atoms with Crippen LogP contribution >= 0.6 is 0 Å². The highest BCUT2D eigenvalue weighted by Crippen LogP contribution is 2.17. The van der Waals surface area contributed by atoms with Gasteiger partial charge in [0, 0.05) is 24.0 Å². The number of carbonyl (C=O) groups excluding carboxylic acids is 3. The van der Waals surface area contributed by atoms with Gasteiger partial charge in [-0.1, -0.05) is 26.0 Å². The van der Waals surface area contributed by atoms with Crippen molar-refractivity contribution < 1.29 is 19.3 Å². The Balaban J connectivity index is 1.91. The molecule has 4 N–H and O–H groups in total. The fourth-order valence-electron chi connectivity index (χ4n) is 3.22. The van der Waals surface area contributed by atoms with Crippen LogP contribution in [0.15, 0.2) is 48.5 Å². The minimum absolute atomic E-state index is 0.124. The lowest BCUT2D eigenvalue weighted by molar-refractivity contribution is -0.904. The van der Waals surface area contributed by atoms with Crippen LogP contribution in [0.2, 0.25) is 0 Å². The number of quaternary nitrogens is 1. The van der Waals surface area contributed by atoms with Crippen molar-refractivity contribution in [1.29, 1.82) is 0 Å². The number of rotatable bonds is 9. The maximum atomic E-state index is 12.7. The molecule has 7 nitrogen and oxygen atoms in total. The van der Waals surface area contributed by atoms with Crippen LogP contribution in [-0.4, -0.2) is 36.9 Å². The summed E-state index contributed by atoms with van der Waals surface area (Å²) in [5.41, 5.74) is 3.27. The van der Waals surface area contributed by atoms with E-state index in [1.165, 1.54) is 12.5 Å². The Morgan fingerprint density at radius 3 is 1.77 bits per heavy atom. The number of nitrogens with one attached hydrogen (secondary N) is 4. The van der Waals surface area contributed by atoms with Gasteiger partial charge in [0.2, 0.25) is 5.91 Å². The van der Waals surface area contributed by atoms with Gasteiger partial charge in [-0.15, -0.1) is 0 Å². The van der Waals surface area contributed by atoms with E-state index < -0.39 is 0 Å². The van der Waals surface area contributed by atoms with E-state index in [0.29, 0.717) is 23.8 Å². The molecule has 2 atom stereocenters. The smallest absolute Gasteiger partial charge is 0.282 e. The molecule has 31 heavy (non-hydrogen) atoms. The summed E-state index contributed by atoms with van der Waals surface area (Å²) in [6.45, 7) is 10.3. The average molecular weight is 426 g/mol. The molecule has 0 aliphatic carbocycles. The maximum absolute atomic E-state index is 12.7. The van der Waals surface area contributed by atoms with Gasteiger partial charge in [0.1, 0.15) is 0 Å². The van der Waals surface area contributed by atoms with Crippen molar-refractivity contribution in [3.05, 3.63) is 54.1 Å². The highest BCUT2D eigenvalue weighted by Gasteiger charge is 2.26. The highest BCUT2D eigenvalue weighted by molar-refractivity contribution is 5.95. The van der Waals surface area contributed by atoms with Crippen LogP contribution in [-0.2, 0) is 14.4 Å². The van der Waals surface area contributed by atoms with Crippen molar-refractivity contribution in [3.8, 4) is 0 Å². The van der Waals surface area contributed by atoms with Crippen molar-refractivity contribution in [1.82, 2.24) is 0 Å². The predicted molar refractivity (Wildman–Crippen MR) is 124 cm³/mol. The third-order valence-corrected chi connectivity index (χ3v) is 5.18. The van der Waals surface area contributed by atoms with E-state index >= 15 is 0 Å². The predicted octanol–water partition coefficient (Wildman–Crippen LogP) is 2.64. The molecule has 0 saturated carbocycles. The van der Waals surface area contributed by atoms with Crippen molar-refractivity contribution in [2.24, 2.45) is 0 Å². The molecule has 1 unspecified atom stereocenters. The van der Waals surface area contributed by atoms with E-state index in [0.717, 1.165) is 10.6 Å². The van der Waals surface area contributed by atoms with Crippen molar-refractivity contribution in [3.63, 3.8) is 0 Å². The normalized spacial score (nSPS) is 12.7. The zero-order valence-corrected chi connectivity index (χ0v) is 18.9. The van der Waals surface area contributed by atoms with Gasteiger partial charge < -0.3 is 20.9 Å². The van der Waals surface area contributed by atoms with E-state index in [1.54, 1.807) is 24.3 Å². The van der Waals surface area contributed by atoms with Gasteiger partial charge in [-0.05, 0) is 61.7 Å². The summed E-state index contributed by atoms with van der Waals surface area (Å²) in [4.78, 5) is 37.2. The van der Waals surface area contributed by atoms with Gasteiger partial charge in [0.25, 0.3) is 11.8 Å². The lowest BCUT2D eigenvalue weighted by Crippen LogP contribution is -3.17. The molecular formula is C24H33N4O3+. The number of amides is 3. The molecule has 0 fully saturated rings. The fraction of sp³-hybridized carbons (Fsp3) is 0.375. The topological polar surface area (TPSA) is 91.7 Å². The Morgan fingerprint density at radius 1 is 0.806 bits per heavy atom. The summed E-state index contributed by atoms with van der Waals surface area (Å²) < 4.78 is 0. The van der Waals surface area contributed by atoms with E-state index in [1.807, 2.05) is 38.1 Å².